The SMILES string of the molecule is [Be+2].[MgH2].[O-2].[Zn]. The van der Waals surface area contributed by atoms with Gasteiger partial charge < -0.3 is 5.48 Å². The Kier molecular flexibility index (Phi) is 296. The molecule has 0 N–H and O–H groups in total. The second kappa shape index (κ2) is 24.3. The van der Waals surface area contributed by atoms with Gasteiger partial charge in [-0.1, -0.05) is 0 Å². The predicted molar refractivity (Wildman–Crippen MR) is 15.0 cm³/mol. The minimum absolute atomic E-state index is 0. The second-order valence-corrected chi connectivity index (χ2v) is 0. The van der Waals surface area contributed by atoms with Gasteiger partial charge in [0.1, 0.15) is 0 Å². The van der Waals surface area contributed by atoms with Gasteiger partial charge in [0.2, 0.25) is 0 Å². The molecule has 0 heterocycles. The Morgan fingerprint density at radius 2 is 1.00 bits per heavy atom. The fourth-order valence-corrected chi connectivity index (χ4v) is 0. The molecule has 0 saturated heterocycles. The molecule has 0 aromatic carbocycles. The van der Waals surface area contributed by atoms with Crippen molar-refractivity contribution in [1.29, 1.82) is 0 Å². The molecule has 4 heavy (non-hydrogen) atoms. The zero-order chi connectivity index (χ0) is 0. The molecule has 0 bridgehead atoms. The van der Waals surface area contributed by atoms with Gasteiger partial charge in [0, 0.05) is 19.5 Å². The molecular formula is H2BeMgOZn. The van der Waals surface area contributed by atoms with Crippen molar-refractivity contribution in [2.24, 2.45) is 0 Å². The topological polar surface area (TPSA) is 28.5 Å². The first kappa shape index (κ1) is 48.9. The van der Waals surface area contributed by atoms with Gasteiger partial charge in [0.15, 0.2) is 0 Å². The van der Waals surface area contributed by atoms with Crippen LogP contribution in [-0.4, -0.2) is 33.2 Å². The quantitative estimate of drug-likeness (QED) is 0.348. The van der Waals surface area contributed by atoms with E-state index in [2.05, 4.69) is 0 Å². The summed E-state index contributed by atoms with van der Waals surface area (Å²) in [6.07, 6.45) is 0. The van der Waals surface area contributed by atoms with Gasteiger partial charge >= 0.3 is 33.2 Å². The van der Waals surface area contributed by atoms with E-state index in [0.29, 0.717) is 0 Å². The van der Waals surface area contributed by atoms with Crippen LogP contribution >= 0.6 is 0 Å². The minimum atomic E-state index is 0. The van der Waals surface area contributed by atoms with Crippen molar-refractivity contribution in [3.8, 4) is 0 Å². The van der Waals surface area contributed by atoms with E-state index in [4.69, 9.17) is 0 Å². The standard InChI is InChI=1S/Be.Mg.O.Zn.2H/q+2;;-2;;;. The Hall–Kier alpha value is 1.52. The molecule has 4 heteroatoms. The average molecular weight is 117 g/mol. The maximum absolute atomic E-state index is 0. The van der Waals surface area contributed by atoms with Gasteiger partial charge in [-0.25, -0.2) is 0 Å². The fraction of sp³-hybridized carbons (Fsp3) is 0. The van der Waals surface area contributed by atoms with Crippen molar-refractivity contribution >= 4 is 33.2 Å². The van der Waals surface area contributed by atoms with E-state index in [9.17, 15) is 0 Å². The zero-order valence-corrected chi connectivity index (χ0v) is 4.79. The summed E-state index contributed by atoms with van der Waals surface area (Å²) < 4.78 is 0. The van der Waals surface area contributed by atoms with Gasteiger partial charge in [0.05, 0.1) is 0 Å². The van der Waals surface area contributed by atoms with Crippen LogP contribution in [0.3, 0.4) is 0 Å². The molecule has 14 valence electrons. The third-order valence-corrected chi connectivity index (χ3v) is 0. The molecule has 0 aliphatic carbocycles. The Morgan fingerprint density at radius 3 is 1.00 bits per heavy atom. The first-order valence-electron chi connectivity index (χ1n) is 0. The molecule has 0 fully saturated rings. The van der Waals surface area contributed by atoms with Gasteiger partial charge in [-0.3, -0.25) is 0 Å². The summed E-state index contributed by atoms with van der Waals surface area (Å²) in [6.45, 7) is 0. The number of hydrogen-bond acceptors (Lipinski definition) is 0. The van der Waals surface area contributed by atoms with Crippen LogP contribution in [0.25, 0.3) is 0 Å². The summed E-state index contributed by atoms with van der Waals surface area (Å²) in [6, 6.07) is 0. The largest absolute Gasteiger partial charge is 2.00 e. The van der Waals surface area contributed by atoms with E-state index < -0.39 is 0 Å². The van der Waals surface area contributed by atoms with Crippen molar-refractivity contribution in [3.05, 3.63) is 0 Å². The average Bonchev–Trinajstić information content (AvgIpc) is 0. The summed E-state index contributed by atoms with van der Waals surface area (Å²) in [7, 11) is 0. The second-order valence-electron chi connectivity index (χ2n) is 0. The molecule has 0 atom stereocenters. The van der Waals surface area contributed by atoms with Crippen LogP contribution in [0.1, 0.15) is 0 Å². The third-order valence-electron chi connectivity index (χ3n) is 0. The van der Waals surface area contributed by atoms with E-state index in [1.54, 1.807) is 0 Å². The number of hydrogen-bond donors (Lipinski definition) is 0. The van der Waals surface area contributed by atoms with Crippen molar-refractivity contribution < 1.29 is 25.0 Å². The molecule has 0 radical (unpaired) electrons. The molecule has 0 rings (SSSR count). The smallest absolute Gasteiger partial charge is 2.00 e. The molecule has 0 aliphatic rings. The normalized spacial score (nSPS) is 0. The molecule has 0 aliphatic heterocycles. The van der Waals surface area contributed by atoms with Gasteiger partial charge in [-0.15, -0.1) is 0 Å². The summed E-state index contributed by atoms with van der Waals surface area (Å²) in [5.74, 6) is 0. The minimum Gasteiger partial charge on any atom is -2.00 e. The number of rotatable bonds is 0. The summed E-state index contributed by atoms with van der Waals surface area (Å²) in [4.78, 5) is 0. The van der Waals surface area contributed by atoms with Crippen molar-refractivity contribution in [2.75, 3.05) is 0 Å². The van der Waals surface area contributed by atoms with Crippen LogP contribution in [0.5, 0.6) is 0 Å². The Labute approximate surface area is 58.0 Å². The van der Waals surface area contributed by atoms with Crippen LogP contribution < -0.4 is 0 Å². The van der Waals surface area contributed by atoms with Crippen LogP contribution in [0, 0.1) is 0 Å². The van der Waals surface area contributed by atoms with E-state index in [0.717, 1.165) is 0 Å². The summed E-state index contributed by atoms with van der Waals surface area (Å²) >= 11 is 0. The Morgan fingerprint density at radius 1 is 1.00 bits per heavy atom. The maximum Gasteiger partial charge on any atom is 2.00 e. The van der Waals surface area contributed by atoms with Crippen molar-refractivity contribution in [1.82, 2.24) is 0 Å². The van der Waals surface area contributed by atoms with Crippen LogP contribution in [0.15, 0.2) is 0 Å². The molecule has 0 amide bonds. The first-order chi connectivity index (χ1) is 0. The molecule has 0 unspecified atom stereocenters. The zero-order valence-electron chi connectivity index (χ0n) is 1.82. The molecule has 0 aromatic rings. The Balaban J connectivity index is 0. The third kappa shape index (κ3) is 9.68. The molecule has 1 nitrogen and oxygen atoms in total. The van der Waals surface area contributed by atoms with Gasteiger partial charge in [0.25, 0.3) is 0 Å². The molecule has 0 aromatic heterocycles. The van der Waals surface area contributed by atoms with E-state index in [-0.39, 0.29) is 58.1 Å². The predicted octanol–water partition coefficient (Wildman–Crippen LogP) is -1.42. The van der Waals surface area contributed by atoms with Gasteiger partial charge in [-0.05, 0) is 0 Å². The summed E-state index contributed by atoms with van der Waals surface area (Å²) in [5.41, 5.74) is 0. The van der Waals surface area contributed by atoms with E-state index in [1.807, 2.05) is 0 Å². The van der Waals surface area contributed by atoms with E-state index in [1.165, 1.54) is 0 Å². The van der Waals surface area contributed by atoms with Crippen LogP contribution in [0.4, 0.5) is 0 Å². The first-order valence-corrected chi connectivity index (χ1v) is 0. The molecule has 0 spiro atoms. The summed E-state index contributed by atoms with van der Waals surface area (Å²) in [5, 5.41) is 0. The van der Waals surface area contributed by atoms with Crippen molar-refractivity contribution in [3.63, 3.8) is 0 Å². The maximum atomic E-state index is 0. The van der Waals surface area contributed by atoms with Crippen molar-refractivity contribution in [2.45, 2.75) is 0 Å². The molecule has 0 saturated carbocycles. The Bertz CT molecular complexity index is 8.00. The van der Waals surface area contributed by atoms with Crippen LogP contribution in [-0.2, 0) is 25.0 Å². The van der Waals surface area contributed by atoms with Gasteiger partial charge in [-0.2, -0.15) is 0 Å². The fourth-order valence-electron chi connectivity index (χ4n) is 0. The monoisotopic (exact) mass is 115 g/mol. The van der Waals surface area contributed by atoms with Crippen LogP contribution in [0.2, 0.25) is 0 Å². The molecular weight excluding hydrogens is 115 g/mol. The van der Waals surface area contributed by atoms with E-state index >= 15 is 0 Å².